The van der Waals surface area contributed by atoms with Gasteiger partial charge in [-0.25, -0.2) is 4.68 Å². The Morgan fingerprint density at radius 1 is 1.33 bits per heavy atom. The molecular weight excluding hydrogens is 302 g/mol. The van der Waals surface area contributed by atoms with Gasteiger partial charge in [-0.05, 0) is 38.0 Å². The maximum Gasteiger partial charge on any atom is 0.191 e. The van der Waals surface area contributed by atoms with Gasteiger partial charge in [-0.2, -0.15) is 5.10 Å². The van der Waals surface area contributed by atoms with E-state index in [0.29, 0.717) is 13.2 Å². The summed E-state index contributed by atoms with van der Waals surface area (Å²) in [5, 5.41) is 11.0. The van der Waals surface area contributed by atoms with Gasteiger partial charge >= 0.3 is 0 Å². The molecule has 2 aromatic rings. The van der Waals surface area contributed by atoms with Crippen LogP contribution in [-0.4, -0.2) is 48.6 Å². The molecule has 6 nitrogen and oxygen atoms in total. The van der Waals surface area contributed by atoms with Crippen molar-refractivity contribution in [2.75, 3.05) is 26.8 Å². The Morgan fingerprint density at radius 2 is 2.12 bits per heavy atom. The maximum atomic E-state index is 5.14. The molecule has 1 aromatic heterocycles. The number of aliphatic imine (C=N–C) groups is 1. The summed E-state index contributed by atoms with van der Waals surface area (Å²) in [5.41, 5.74) is 2.24. The zero-order chi connectivity index (χ0) is 17.2. The molecule has 130 valence electrons. The molecule has 1 aromatic carbocycles. The molecule has 0 bridgehead atoms. The lowest BCUT2D eigenvalue weighted by Crippen LogP contribution is -2.44. The summed E-state index contributed by atoms with van der Waals surface area (Å²) in [6, 6.07) is 10.3. The Labute approximate surface area is 143 Å². The first-order chi connectivity index (χ1) is 11.7. The molecule has 0 aliphatic carbocycles. The van der Waals surface area contributed by atoms with Crippen molar-refractivity contribution in [2.45, 2.75) is 26.3 Å². The van der Waals surface area contributed by atoms with Crippen molar-refractivity contribution < 1.29 is 4.74 Å². The number of ether oxygens (including phenoxy) is 1. The van der Waals surface area contributed by atoms with Crippen molar-refractivity contribution in [3.8, 4) is 5.69 Å². The number of nitrogens with one attached hydrogen (secondary N) is 2. The molecule has 2 rings (SSSR count). The average molecular weight is 329 g/mol. The van der Waals surface area contributed by atoms with Crippen LogP contribution < -0.4 is 10.6 Å². The van der Waals surface area contributed by atoms with Crippen LogP contribution in [0.3, 0.4) is 0 Å². The van der Waals surface area contributed by atoms with E-state index in [-0.39, 0.29) is 6.04 Å². The topological polar surface area (TPSA) is 63.5 Å². The molecule has 0 fully saturated rings. The van der Waals surface area contributed by atoms with Crippen LogP contribution in [0.25, 0.3) is 5.69 Å². The number of aromatic nitrogens is 2. The summed E-state index contributed by atoms with van der Waals surface area (Å²) in [6.45, 7) is 6.31. The van der Waals surface area contributed by atoms with Crippen LogP contribution in [0.2, 0.25) is 0 Å². The van der Waals surface area contributed by atoms with Crippen LogP contribution in [0.1, 0.15) is 19.4 Å². The van der Waals surface area contributed by atoms with Gasteiger partial charge in [-0.3, -0.25) is 4.99 Å². The van der Waals surface area contributed by atoms with Crippen LogP contribution in [0.5, 0.6) is 0 Å². The van der Waals surface area contributed by atoms with Crippen LogP contribution in [0.15, 0.2) is 47.7 Å². The Morgan fingerprint density at radius 3 is 2.83 bits per heavy atom. The van der Waals surface area contributed by atoms with Gasteiger partial charge in [0, 0.05) is 32.4 Å². The first-order valence-corrected chi connectivity index (χ1v) is 8.35. The van der Waals surface area contributed by atoms with Gasteiger partial charge in [-0.1, -0.05) is 18.2 Å². The maximum absolute atomic E-state index is 5.14. The number of guanidine groups is 1. The minimum Gasteiger partial charge on any atom is -0.383 e. The highest BCUT2D eigenvalue weighted by atomic mass is 16.5. The van der Waals surface area contributed by atoms with E-state index in [1.54, 1.807) is 7.11 Å². The fourth-order valence-corrected chi connectivity index (χ4v) is 2.35. The molecular formula is C18H27N5O. The summed E-state index contributed by atoms with van der Waals surface area (Å²) >= 11 is 0. The van der Waals surface area contributed by atoms with E-state index in [4.69, 9.17) is 4.74 Å². The van der Waals surface area contributed by atoms with Gasteiger partial charge < -0.3 is 15.4 Å². The Bertz CT molecular complexity index is 623. The van der Waals surface area contributed by atoms with Crippen molar-refractivity contribution in [3.63, 3.8) is 0 Å². The van der Waals surface area contributed by atoms with Crippen molar-refractivity contribution in [3.05, 3.63) is 48.3 Å². The third-order valence-corrected chi connectivity index (χ3v) is 3.47. The summed E-state index contributed by atoms with van der Waals surface area (Å²) in [4.78, 5) is 4.61. The number of methoxy groups -OCH3 is 1. The van der Waals surface area contributed by atoms with Crippen LogP contribution >= 0.6 is 0 Å². The number of hydrogen-bond donors (Lipinski definition) is 2. The van der Waals surface area contributed by atoms with Gasteiger partial charge in [0.1, 0.15) is 0 Å². The van der Waals surface area contributed by atoms with Gasteiger partial charge in [-0.15, -0.1) is 0 Å². The summed E-state index contributed by atoms with van der Waals surface area (Å²) in [5.74, 6) is 0.817. The predicted octanol–water partition coefficient (Wildman–Crippen LogP) is 2.00. The largest absolute Gasteiger partial charge is 0.383 e. The van der Waals surface area contributed by atoms with Crippen molar-refractivity contribution in [1.82, 2.24) is 20.4 Å². The van der Waals surface area contributed by atoms with Crippen LogP contribution in [0, 0.1) is 0 Å². The molecule has 1 unspecified atom stereocenters. The molecule has 24 heavy (non-hydrogen) atoms. The number of hydrogen-bond acceptors (Lipinski definition) is 3. The van der Waals surface area contributed by atoms with E-state index < -0.39 is 0 Å². The Balaban J connectivity index is 1.90. The second-order valence-corrected chi connectivity index (χ2v) is 5.64. The van der Waals surface area contributed by atoms with Gasteiger partial charge in [0.25, 0.3) is 0 Å². The molecule has 1 atom stereocenters. The van der Waals surface area contributed by atoms with E-state index in [9.17, 15) is 0 Å². The quantitative estimate of drug-likeness (QED) is 0.574. The Hall–Kier alpha value is -2.34. The molecule has 0 saturated heterocycles. The normalized spacial score (nSPS) is 12.9. The first-order valence-electron chi connectivity index (χ1n) is 8.35. The standard InChI is InChI=1S/C18H27N5O/c1-4-19-18(22-15(2)14-24-3)20-11-10-16-12-21-23(13-16)17-8-6-5-7-9-17/h5-9,12-13,15H,4,10-11,14H2,1-3H3,(H2,19,20,22). The molecule has 0 aliphatic heterocycles. The minimum absolute atomic E-state index is 0.216. The molecule has 0 saturated carbocycles. The lowest BCUT2D eigenvalue weighted by atomic mass is 10.2. The zero-order valence-electron chi connectivity index (χ0n) is 14.7. The second kappa shape index (κ2) is 9.72. The molecule has 0 aliphatic rings. The monoisotopic (exact) mass is 329 g/mol. The molecule has 6 heteroatoms. The van der Waals surface area contributed by atoms with E-state index in [2.05, 4.69) is 40.8 Å². The average Bonchev–Trinajstić information content (AvgIpc) is 3.05. The fraction of sp³-hybridized carbons (Fsp3) is 0.444. The Kier molecular flexibility index (Phi) is 7.29. The van der Waals surface area contributed by atoms with Crippen molar-refractivity contribution in [2.24, 2.45) is 4.99 Å². The fourth-order valence-electron chi connectivity index (χ4n) is 2.35. The van der Waals surface area contributed by atoms with Gasteiger partial charge in [0.05, 0.1) is 18.5 Å². The van der Waals surface area contributed by atoms with Crippen molar-refractivity contribution in [1.29, 1.82) is 0 Å². The van der Waals surface area contributed by atoms with Crippen molar-refractivity contribution >= 4 is 5.96 Å². The van der Waals surface area contributed by atoms with Crippen LogP contribution in [-0.2, 0) is 11.2 Å². The number of benzene rings is 1. The molecule has 0 amide bonds. The third kappa shape index (κ3) is 5.70. The summed E-state index contributed by atoms with van der Waals surface area (Å²) < 4.78 is 7.04. The highest BCUT2D eigenvalue weighted by Gasteiger charge is 2.05. The third-order valence-electron chi connectivity index (χ3n) is 3.47. The van der Waals surface area contributed by atoms with Gasteiger partial charge in [0.15, 0.2) is 5.96 Å². The summed E-state index contributed by atoms with van der Waals surface area (Å²) in [6.07, 6.45) is 4.80. The second-order valence-electron chi connectivity index (χ2n) is 5.64. The molecule has 2 N–H and O–H groups in total. The van der Waals surface area contributed by atoms with E-state index in [1.807, 2.05) is 41.2 Å². The van der Waals surface area contributed by atoms with Gasteiger partial charge in [0.2, 0.25) is 0 Å². The first kappa shape index (κ1) is 18.0. The van der Waals surface area contributed by atoms with E-state index in [1.165, 1.54) is 5.56 Å². The number of rotatable bonds is 8. The van der Waals surface area contributed by atoms with Crippen LogP contribution in [0.4, 0.5) is 0 Å². The smallest absolute Gasteiger partial charge is 0.191 e. The van der Waals surface area contributed by atoms with E-state index in [0.717, 1.165) is 24.6 Å². The lowest BCUT2D eigenvalue weighted by molar-refractivity contribution is 0.179. The molecule has 0 spiro atoms. The minimum atomic E-state index is 0.216. The highest BCUT2D eigenvalue weighted by Crippen LogP contribution is 2.08. The highest BCUT2D eigenvalue weighted by molar-refractivity contribution is 5.80. The molecule has 1 heterocycles. The lowest BCUT2D eigenvalue weighted by Gasteiger charge is -2.16. The zero-order valence-corrected chi connectivity index (χ0v) is 14.7. The SMILES string of the molecule is CCNC(=NCCc1cnn(-c2ccccc2)c1)NC(C)COC. The molecule has 0 radical (unpaired) electrons. The summed E-state index contributed by atoms with van der Waals surface area (Å²) in [7, 11) is 1.70. The van der Waals surface area contributed by atoms with E-state index >= 15 is 0 Å². The number of para-hydroxylation sites is 1. The number of nitrogens with zero attached hydrogens (tertiary/aromatic N) is 3. The predicted molar refractivity (Wildman–Crippen MR) is 97.7 cm³/mol.